The van der Waals surface area contributed by atoms with E-state index in [0.717, 1.165) is 25.7 Å². The second-order valence-electron chi connectivity index (χ2n) is 4.94. The predicted molar refractivity (Wildman–Crippen MR) is 68.8 cm³/mol. The molecular weight excluding hydrogens is 247 g/mol. The molecule has 1 unspecified atom stereocenters. The number of ketones is 1. The van der Waals surface area contributed by atoms with Crippen LogP contribution in [0.4, 0.5) is 4.39 Å². The van der Waals surface area contributed by atoms with Crippen molar-refractivity contribution < 1.29 is 19.0 Å². The maximum Gasteiger partial charge on any atom is 0.176 e. The van der Waals surface area contributed by atoms with Crippen molar-refractivity contribution in [1.82, 2.24) is 0 Å². The standard InChI is InChI=1S/C15H19FO3/c1-18-19-15(12-8-5-9-13(16)10-12)14(17)11-6-3-2-4-7-11/h5,8-11,15H,2-4,6-7H2,1H3. The van der Waals surface area contributed by atoms with Gasteiger partial charge in [-0.25, -0.2) is 14.2 Å². The Labute approximate surface area is 112 Å². The van der Waals surface area contributed by atoms with E-state index in [0.29, 0.717) is 5.56 Å². The molecule has 1 aliphatic rings. The number of hydrogen-bond acceptors (Lipinski definition) is 3. The Hall–Kier alpha value is -1.26. The first kappa shape index (κ1) is 14.2. The highest BCUT2D eigenvalue weighted by Gasteiger charge is 2.30. The first-order chi connectivity index (χ1) is 9.22. The minimum Gasteiger partial charge on any atom is -0.296 e. The summed E-state index contributed by atoms with van der Waals surface area (Å²) < 4.78 is 13.3. The van der Waals surface area contributed by atoms with Gasteiger partial charge in [-0.1, -0.05) is 31.4 Å². The molecule has 0 aliphatic heterocycles. The normalized spacial score (nSPS) is 18.2. The van der Waals surface area contributed by atoms with Crippen molar-refractivity contribution in [2.24, 2.45) is 5.92 Å². The molecular formula is C15H19FO3. The summed E-state index contributed by atoms with van der Waals surface area (Å²) in [5.41, 5.74) is 0.512. The van der Waals surface area contributed by atoms with Crippen molar-refractivity contribution in [3.05, 3.63) is 35.6 Å². The summed E-state index contributed by atoms with van der Waals surface area (Å²) in [5, 5.41) is 0. The SMILES string of the molecule is COOC(C(=O)C1CCCCC1)c1cccc(F)c1. The Morgan fingerprint density at radius 2 is 2.05 bits per heavy atom. The van der Waals surface area contributed by atoms with Crippen LogP contribution >= 0.6 is 0 Å². The molecule has 19 heavy (non-hydrogen) atoms. The van der Waals surface area contributed by atoms with Gasteiger partial charge in [0.15, 0.2) is 11.9 Å². The van der Waals surface area contributed by atoms with Crippen molar-refractivity contribution in [1.29, 1.82) is 0 Å². The number of benzene rings is 1. The summed E-state index contributed by atoms with van der Waals surface area (Å²) >= 11 is 0. The van der Waals surface area contributed by atoms with E-state index in [9.17, 15) is 9.18 Å². The molecule has 0 aromatic heterocycles. The number of halogens is 1. The van der Waals surface area contributed by atoms with E-state index in [1.165, 1.54) is 25.7 Å². The molecule has 3 nitrogen and oxygen atoms in total. The Morgan fingerprint density at radius 1 is 1.32 bits per heavy atom. The summed E-state index contributed by atoms with van der Waals surface area (Å²) in [5.74, 6) is -0.386. The van der Waals surface area contributed by atoms with Crippen LogP contribution in [0.5, 0.6) is 0 Å². The van der Waals surface area contributed by atoms with E-state index in [2.05, 4.69) is 4.89 Å². The summed E-state index contributed by atoms with van der Waals surface area (Å²) in [6.45, 7) is 0. The molecule has 0 saturated heterocycles. The fourth-order valence-corrected chi connectivity index (χ4v) is 2.63. The Bertz CT molecular complexity index is 427. The lowest BCUT2D eigenvalue weighted by Crippen LogP contribution is -2.26. The van der Waals surface area contributed by atoms with Crippen molar-refractivity contribution >= 4 is 5.78 Å². The van der Waals surface area contributed by atoms with Crippen LogP contribution in [0.15, 0.2) is 24.3 Å². The van der Waals surface area contributed by atoms with E-state index in [1.54, 1.807) is 12.1 Å². The zero-order valence-electron chi connectivity index (χ0n) is 11.1. The second-order valence-corrected chi connectivity index (χ2v) is 4.94. The Morgan fingerprint density at radius 3 is 2.68 bits per heavy atom. The zero-order chi connectivity index (χ0) is 13.7. The smallest absolute Gasteiger partial charge is 0.176 e. The topological polar surface area (TPSA) is 35.5 Å². The van der Waals surface area contributed by atoms with E-state index in [4.69, 9.17) is 4.89 Å². The van der Waals surface area contributed by atoms with Crippen LogP contribution in [0.1, 0.15) is 43.8 Å². The largest absolute Gasteiger partial charge is 0.296 e. The van der Waals surface area contributed by atoms with Crippen LogP contribution in [-0.4, -0.2) is 12.9 Å². The lowest BCUT2D eigenvalue weighted by molar-refractivity contribution is -0.300. The molecule has 4 heteroatoms. The fourth-order valence-electron chi connectivity index (χ4n) is 2.63. The molecule has 1 saturated carbocycles. The van der Waals surface area contributed by atoms with Gasteiger partial charge in [0.25, 0.3) is 0 Å². The monoisotopic (exact) mass is 266 g/mol. The third kappa shape index (κ3) is 3.61. The van der Waals surface area contributed by atoms with Gasteiger partial charge in [0.2, 0.25) is 0 Å². The van der Waals surface area contributed by atoms with Gasteiger partial charge in [0, 0.05) is 5.92 Å². The van der Waals surface area contributed by atoms with Gasteiger partial charge in [-0.2, -0.15) is 0 Å². The van der Waals surface area contributed by atoms with E-state index in [1.807, 2.05) is 0 Å². The van der Waals surface area contributed by atoms with Gasteiger partial charge in [0.1, 0.15) is 5.82 Å². The number of carbonyl (C=O) groups is 1. The molecule has 1 aromatic rings. The van der Waals surface area contributed by atoms with Gasteiger partial charge >= 0.3 is 0 Å². The number of rotatable bonds is 5. The first-order valence-electron chi connectivity index (χ1n) is 6.71. The average Bonchev–Trinajstić information content (AvgIpc) is 2.45. The minimum absolute atomic E-state index is 0.00262. The van der Waals surface area contributed by atoms with Gasteiger partial charge in [-0.15, -0.1) is 0 Å². The molecule has 1 fully saturated rings. The quantitative estimate of drug-likeness (QED) is 0.603. The second kappa shape index (κ2) is 6.78. The molecule has 0 N–H and O–H groups in total. The maximum atomic E-state index is 13.3. The molecule has 0 heterocycles. The molecule has 104 valence electrons. The minimum atomic E-state index is -0.830. The summed E-state index contributed by atoms with van der Waals surface area (Å²) in [4.78, 5) is 22.2. The lowest BCUT2D eigenvalue weighted by Gasteiger charge is -2.24. The number of carbonyl (C=O) groups excluding carboxylic acids is 1. The summed E-state index contributed by atoms with van der Waals surface area (Å²) in [6.07, 6.45) is 4.26. The third-order valence-electron chi connectivity index (χ3n) is 3.61. The fraction of sp³-hybridized carbons (Fsp3) is 0.533. The van der Waals surface area contributed by atoms with Crippen molar-refractivity contribution in [3.63, 3.8) is 0 Å². The Kier molecular flexibility index (Phi) is 5.05. The van der Waals surface area contributed by atoms with Crippen LogP contribution < -0.4 is 0 Å². The molecule has 0 bridgehead atoms. The molecule has 1 atom stereocenters. The molecule has 0 radical (unpaired) electrons. The Balaban J connectivity index is 2.16. The van der Waals surface area contributed by atoms with Gasteiger partial charge in [0.05, 0.1) is 7.11 Å². The number of Topliss-reactive ketones (excluding diaryl/α,β-unsaturated/α-hetero) is 1. The van der Waals surface area contributed by atoms with Crippen LogP contribution in [0.2, 0.25) is 0 Å². The van der Waals surface area contributed by atoms with E-state index >= 15 is 0 Å². The highest BCUT2D eigenvalue weighted by molar-refractivity contribution is 5.86. The van der Waals surface area contributed by atoms with Gasteiger partial charge < -0.3 is 0 Å². The molecule has 1 aromatic carbocycles. The first-order valence-corrected chi connectivity index (χ1v) is 6.71. The zero-order valence-corrected chi connectivity index (χ0v) is 11.1. The van der Waals surface area contributed by atoms with E-state index in [-0.39, 0.29) is 17.5 Å². The molecule has 0 amide bonds. The summed E-state index contributed by atoms with van der Waals surface area (Å²) in [6, 6.07) is 5.93. The van der Waals surface area contributed by atoms with Gasteiger partial charge in [-0.05, 0) is 30.5 Å². The predicted octanol–water partition coefficient (Wildman–Crippen LogP) is 3.59. The molecule has 0 spiro atoms. The maximum absolute atomic E-state index is 13.3. The third-order valence-corrected chi connectivity index (χ3v) is 3.61. The summed E-state index contributed by atoms with van der Waals surface area (Å²) in [7, 11) is 1.36. The highest BCUT2D eigenvalue weighted by Crippen LogP contribution is 2.31. The number of hydrogen-bond donors (Lipinski definition) is 0. The van der Waals surface area contributed by atoms with Crippen molar-refractivity contribution in [2.45, 2.75) is 38.2 Å². The lowest BCUT2D eigenvalue weighted by atomic mass is 9.83. The van der Waals surface area contributed by atoms with Crippen LogP contribution in [0, 0.1) is 11.7 Å². The van der Waals surface area contributed by atoms with Crippen LogP contribution in [-0.2, 0) is 14.6 Å². The van der Waals surface area contributed by atoms with Crippen LogP contribution in [0.25, 0.3) is 0 Å². The van der Waals surface area contributed by atoms with Gasteiger partial charge in [-0.3, -0.25) is 4.79 Å². The highest BCUT2D eigenvalue weighted by atomic mass is 19.1. The molecule has 1 aliphatic carbocycles. The average molecular weight is 266 g/mol. The van der Waals surface area contributed by atoms with E-state index < -0.39 is 6.10 Å². The molecule has 2 rings (SSSR count). The van der Waals surface area contributed by atoms with Crippen molar-refractivity contribution in [3.8, 4) is 0 Å². The van der Waals surface area contributed by atoms with Crippen LogP contribution in [0.3, 0.4) is 0 Å². The van der Waals surface area contributed by atoms with Crippen molar-refractivity contribution in [2.75, 3.05) is 7.11 Å².